The van der Waals surface area contributed by atoms with Crippen LogP contribution in [0.5, 0.6) is 5.75 Å². The summed E-state index contributed by atoms with van der Waals surface area (Å²) in [6, 6.07) is 16.0. The largest absolute Gasteiger partial charge is 0.485 e. The molecule has 3 atom stereocenters. The lowest BCUT2D eigenvalue weighted by Gasteiger charge is -2.28. The minimum Gasteiger partial charge on any atom is -0.485 e. The van der Waals surface area contributed by atoms with Crippen molar-refractivity contribution in [2.24, 2.45) is 0 Å². The fraction of sp³-hybridized carbons (Fsp3) is 0.586. The molecule has 2 aromatic carbocycles. The fourth-order valence-corrected chi connectivity index (χ4v) is 7.05. The van der Waals surface area contributed by atoms with Crippen molar-refractivity contribution in [1.29, 1.82) is 0 Å². The van der Waals surface area contributed by atoms with Crippen LogP contribution in [0.25, 0.3) is 0 Å². The molecule has 0 saturated carbocycles. The van der Waals surface area contributed by atoms with Gasteiger partial charge in [-0.3, -0.25) is 0 Å². The summed E-state index contributed by atoms with van der Waals surface area (Å²) < 4.78 is 41.9. The maximum Gasteiger partial charge on any atom is 0.247 e. The topological polar surface area (TPSA) is 62.3 Å². The lowest BCUT2D eigenvalue weighted by Crippen LogP contribution is -2.44. The number of nitrogens with zero attached hydrogens (tertiary/aromatic N) is 3. The van der Waals surface area contributed by atoms with Crippen LogP contribution >= 0.6 is 0 Å². The monoisotopic (exact) mass is 529 g/mol. The summed E-state index contributed by atoms with van der Waals surface area (Å²) in [5, 5.41) is 0. The summed E-state index contributed by atoms with van der Waals surface area (Å²) in [6.07, 6.45) is 4.74. The molecule has 0 aromatic heterocycles. The Morgan fingerprint density at radius 2 is 1.89 bits per heavy atom. The van der Waals surface area contributed by atoms with Crippen molar-refractivity contribution in [3.63, 3.8) is 0 Å². The van der Waals surface area contributed by atoms with Crippen molar-refractivity contribution in [3.8, 4) is 5.75 Å². The normalized spacial score (nSPS) is 22.5. The van der Waals surface area contributed by atoms with Crippen molar-refractivity contribution < 1.29 is 17.9 Å². The third-order valence-electron chi connectivity index (χ3n) is 7.58. The van der Waals surface area contributed by atoms with E-state index in [0.29, 0.717) is 25.0 Å². The Bertz CT molecular complexity index is 1110. The average molecular weight is 530 g/mol. The Labute approximate surface area is 223 Å². The minimum absolute atomic E-state index is 0.109. The Kier molecular flexibility index (Phi) is 9.51. The van der Waals surface area contributed by atoms with Gasteiger partial charge in [0.05, 0.1) is 19.8 Å². The molecule has 0 aliphatic carbocycles. The van der Waals surface area contributed by atoms with Gasteiger partial charge in [0.25, 0.3) is 0 Å². The van der Waals surface area contributed by atoms with Gasteiger partial charge >= 0.3 is 0 Å². The van der Waals surface area contributed by atoms with E-state index in [-0.39, 0.29) is 17.5 Å². The van der Waals surface area contributed by atoms with E-state index >= 15 is 0 Å². The number of ether oxygens (including phenoxy) is 2. The first-order valence-corrected chi connectivity index (χ1v) is 15.1. The van der Waals surface area contributed by atoms with Gasteiger partial charge in [-0.2, -0.15) is 4.31 Å². The minimum atomic E-state index is -3.70. The van der Waals surface area contributed by atoms with Gasteiger partial charge < -0.3 is 19.3 Å². The van der Waals surface area contributed by atoms with Crippen LogP contribution in [0.15, 0.2) is 53.4 Å². The van der Waals surface area contributed by atoms with E-state index in [0.717, 1.165) is 56.4 Å². The Balaban J connectivity index is 1.58. The van der Waals surface area contributed by atoms with Crippen molar-refractivity contribution in [3.05, 3.63) is 54.1 Å². The molecule has 1 saturated heterocycles. The molecule has 0 unspecified atom stereocenters. The van der Waals surface area contributed by atoms with Crippen LogP contribution in [-0.4, -0.2) is 76.1 Å². The van der Waals surface area contributed by atoms with Gasteiger partial charge in [0, 0.05) is 36.9 Å². The van der Waals surface area contributed by atoms with Crippen LogP contribution in [0.2, 0.25) is 0 Å². The van der Waals surface area contributed by atoms with Crippen molar-refractivity contribution in [2.45, 2.75) is 75.6 Å². The van der Waals surface area contributed by atoms with Gasteiger partial charge in [-0.05, 0) is 51.6 Å². The van der Waals surface area contributed by atoms with Crippen LogP contribution in [0.3, 0.4) is 0 Å². The highest BCUT2D eigenvalue weighted by Gasteiger charge is 2.38. The number of anilines is 1. The van der Waals surface area contributed by atoms with Crippen molar-refractivity contribution >= 4 is 15.7 Å². The second-order valence-corrected chi connectivity index (χ2v) is 12.5. The van der Waals surface area contributed by atoms with Crippen molar-refractivity contribution in [1.82, 2.24) is 9.21 Å². The van der Waals surface area contributed by atoms with E-state index in [1.807, 2.05) is 49.4 Å². The molecule has 7 nitrogen and oxygen atoms in total. The molecule has 0 spiro atoms. The number of fused-ring (bicyclic) bond motifs is 1. The summed E-state index contributed by atoms with van der Waals surface area (Å²) in [5.74, 6) is 0.433. The van der Waals surface area contributed by atoms with Crippen LogP contribution in [0, 0.1) is 0 Å². The first-order valence-electron chi connectivity index (χ1n) is 13.6. The molecule has 2 aromatic rings. The maximum absolute atomic E-state index is 13.9. The highest BCUT2D eigenvalue weighted by Crippen LogP contribution is 2.37. The first kappa shape index (κ1) is 27.9. The number of unbranched alkanes of at least 4 members (excludes halogenated alkanes) is 2. The van der Waals surface area contributed by atoms with Gasteiger partial charge in [0.1, 0.15) is 16.7 Å². The molecule has 0 N–H and O–H groups in total. The zero-order valence-corrected chi connectivity index (χ0v) is 23.6. The number of hydrogen-bond acceptors (Lipinski definition) is 6. The molecule has 0 amide bonds. The number of rotatable bonds is 11. The average Bonchev–Trinajstić information content (AvgIpc) is 3.35. The lowest BCUT2D eigenvalue weighted by atomic mass is 10.1. The number of benzene rings is 2. The summed E-state index contributed by atoms with van der Waals surface area (Å²) in [6.45, 7) is 7.10. The molecule has 204 valence electrons. The van der Waals surface area contributed by atoms with Crippen molar-refractivity contribution in [2.75, 3.05) is 45.2 Å². The van der Waals surface area contributed by atoms with E-state index in [9.17, 15) is 8.42 Å². The van der Waals surface area contributed by atoms with Crippen LogP contribution < -0.4 is 9.64 Å². The van der Waals surface area contributed by atoms with Gasteiger partial charge in [0.2, 0.25) is 10.0 Å². The molecule has 37 heavy (non-hydrogen) atoms. The molecule has 0 bridgehead atoms. The zero-order chi connectivity index (χ0) is 26.4. The molecule has 2 aliphatic heterocycles. The Hall–Kier alpha value is -2.13. The fourth-order valence-electron chi connectivity index (χ4n) is 5.26. The third-order valence-corrected chi connectivity index (χ3v) is 9.60. The molecule has 1 fully saturated rings. The highest BCUT2D eigenvalue weighted by atomic mass is 32.2. The number of hydrogen-bond donors (Lipinski definition) is 0. The van der Waals surface area contributed by atoms with Crippen LogP contribution in [-0.2, 0) is 21.4 Å². The second kappa shape index (κ2) is 12.6. The summed E-state index contributed by atoms with van der Waals surface area (Å²) in [5.41, 5.74) is 2.09. The van der Waals surface area contributed by atoms with E-state index in [4.69, 9.17) is 9.47 Å². The first-order chi connectivity index (χ1) is 17.8. The Morgan fingerprint density at radius 1 is 1.11 bits per heavy atom. The molecule has 2 aliphatic rings. The molecule has 2 heterocycles. The SMILES string of the molecule is CCCCC[C@H](C)N1C[C@@H](COCc2ccccc2)Oc2cc(N3CC[C@H](N(C)C)C3)ccc2S1(=O)=O. The van der Waals surface area contributed by atoms with E-state index < -0.39 is 16.1 Å². The highest BCUT2D eigenvalue weighted by molar-refractivity contribution is 7.89. The predicted octanol–water partition coefficient (Wildman–Crippen LogP) is 4.76. The van der Waals surface area contributed by atoms with Gasteiger partial charge in [-0.15, -0.1) is 0 Å². The molecule has 4 rings (SSSR count). The molecular weight excluding hydrogens is 486 g/mol. The zero-order valence-electron chi connectivity index (χ0n) is 22.8. The number of likely N-dealkylation sites (N-methyl/N-ethyl adjacent to an activating group) is 1. The second-order valence-electron chi connectivity index (χ2n) is 10.6. The third kappa shape index (κ3) is 6.85. The van der Waals surface area contributed by atoms with Crippen LogP contribution in [0.4, 0.5) is 5.69 Å². The smallest absolute Gasteiger partial charge is 0.247 e. The van der Waals surface area contributed by atoms with Crippen LogP contribution in [0.1, 0.15) is 51.5 Å². The maximum atomic E-state index is 13.9. The lowest BCUT2D eigenvalue weighted by molar-refractivity contribution is 0.0310. The molecular formula is C29H43N3O4S. The van der Waals surface area contributed by atoms with E-state index in [1.165, 1.54) is 0 Å². The summed E-state index contributed by atoms with van der Waals surface area (Å²) in [4.78, 5) is 4.83. The standard InChI is InChI=1S/C29H43N3O4S/c1-5-6-8-11-23(2)32-20-27(22-35-21-24-12-9-7-10-13-24)36-28-18-25(14-15-29(28)37(32,33)34)31-17-16-26(19-31)30(3)4/h7,9-10,12-15,18,23,26-27H,5-6,8,11,16-17,19-22H2,1-4H3/t23-,26-,27-/m0/s1. The quantitative estimate of drug-likeness (QED) is 0.391. The van der Waals surface area contributed by atoms with E-state index in [2.05, 4.69) is 30.8 Å². The van der Waals surface area contributed by atoms with Gasteiger partial charge in [-0.25, -0.2) is 8.42 Å². The summed E-state index contributed by atoms with van der Waals surface area (Å²) >= 11 is 0. The number of sulfonamides is 1. The van der Waals surface area contributed by atoms with Gasteiger partial charge in [-0.1, -0.05) is 56.5 Å². The predicted molar refractivity (Wildman–Crippen MR) is 149 cm³/mol. The molecule has 8 heteroatoms. The van der Waals surface area contributed by atoms with E-state index in [1.54, 1.807) is 10.4 Å². The molecule has 0 radical (unpaired) electrons. The summed E-state index contributed by atoms with van der Waals surface area (Å²) in [7, 11) is 0.512. The van der Waals surface area contributed by atoms with Gasteiger partial charge in [0.15, 0.2) is 0 Å². The Morgan fingerprint density at radius 3 is 2.59 bits per heavy atom.